The van der Waals surface area contributed by atoms with Gasteiger partial charge in [0.05, 0.1) is 15.2 Å². The number of hydrogen-bond acceptors (Lipinski definition) is 2. The number of rotatable bonds is 0. The molecule has 1 aromatic heterocycles. The second-order valence-corrected chi connectivity index (χ2v) is 4.47. The smallest absolute Gasteiger partial charge is 0.272 e. The fraction of sp³-hybridized carbons (Fsp3) is 0. The maximum absolute atomic E-state index is 12.2. The van der Waals surface area contributed by atoms with Gasteiger partial charge in [-0.15, -0.1) is 0 Å². The van der Waals surface area contributed by atoms with E-state index in [-0.39, 0.29) is 5.43 Å². The van der Waals surface area contributed by atoms with Crippen LogP contribution in [0.3, 0.4) is 0 Å². The van der Waals surface area contributed by atoms with Crippen molar-refractivity contribution in [2.24, 2.45) is 0 Å². The Labute approximate surface area is 101 Å². The molecule has 0 unspecified atom stereocenters. The molecule has 0 aliphatic heterocycles. The average Bonchev–Trinajstić information content (AvgIpc) is 2.90. The van der Waals surface area contributed by atoms with E-state index >= 15 is 0 Å². The standard InChI is InChI=1S/C15H8NO2/c17-15-6-5-9-7-12-10-3-1-2-4-13(10)16(18)14(12)8-11(9)15/h1-8H/q+1. The van der Waals surface area contributed by atoms with Crippen LogP contribution >= 0.6 is 0 Å². The zero-order chi connectivity index (χ0) is 12.3. The zero-order valence-electron chi connectivity index (χ0n) is 9.38. The van der Waals surface area contributed by atoms with E-state index in [1.54, 1.807) is 24.3 Å². The molecule has 0 saturated carbocycles. The molecule has 3 heteroatoms. The SMILES string of the molecule is O=c1ccc2cc3c4ccccc4[n+](=O)c3cc12. The topological polar surface area (TPSA) is 40.0 Å². The van der Waals surface area contributed by atoms with Gasteiger partial charge in [-0.1, -0.05) is 18.2 Å². The molecule has 18 heavy (non-hydrogen) atoms. The molecule has 4 rings (SSSR count). The molecular formula is C15H8NO2+. The van der Waals surface area contributed by atoms with E-state index in [1.165, 1.54) is 0 Å². The summed E-state index contributed by atoms with van der Waals surface area (Å²) in [5.41, 5.74) is 1.18. The van der Waals surface area contributed by atoms with Gasteiger partial charge in [-0.05, 0) is 23.6 Å². The minimum atomic E-state index is -0.0304. The summed E-state index contributed by atoms with van der Waals surface area (Å²) >= 11 is 0. The first-order valence-electron chi connectivity index (χ1n) is 5.73. The van der Waals surface area contributed by atoms with E-state index in [9.17, 15) is 9.70 Å². The number of para-hydroxylation sites is 1. The van der Waals surface area contributed by atoms with E-state index < -0.39 is 0 Å². The van der Waals surface area contributed by atoms with Gasteiger partial charge in [0.2, 0.25) is 0 Å². The molecule has 0 aliphatic rings. The highest BCUT2D eigenvalue weighted by Crippen LogP contribution is 2.26. The van der Waals surface area contributed by atoms with Gasteiger partial charge in [0.1, 0.15) is 0 Å². The summed E-state index contributed by atoms with van der Waals surface area (Å²) in [7, 11) is 0. The van der Waals surface area contributed by atoms with Crippen LogP contribution in [-0.2, 0) is 0 Å². The van der Waals surface area contributed by atoms with Crippen molar-refractivity contribution in [2.45, 2.75) is 0 Å². The third-order valence-electron chi connectivity index (χ3n) is 3.48. The summed E-state index contributed by atoms with van der Waals surface area (Å²) in [6.45, 7) is 0. The summed E-state index contributed by atoms with van der Waals surface area (Å²) in [5, 5.41) is 3.34. The Morgan fingerprint density at radius 3 is 2.50 bits per heavy atom. The molecule has 0 atom stereocenters. The highest BCUT2D eigenvalue weighted by atomic mass is 16.3. The molecule has 84 valence electrons. The molecule has 1 heterocycles. The molecular weight excluding hydrogens is 226 g/mol. The second kappa shape index (κ2) is 3.01. The van der Waals surface area contributed by atoms with Crippen LogP contribution in [0, 0.1) is 4.91 Å². The molecule has 3 aromatic carbocycles. The fourth-order valence-electron chi connectivity index (χ4n) is 2.60. The van der Waals surface area contributed by atoms with Crippen molar-refractivity contribution >= 4 is 32.6 Å². The van der Waals surface area contributed by atoms with Gasteiger partial charge < -0.3 is 0 Å². The lowest BCUT2D eigenvalue weighted by Gasteiger charge is -1.87. The highest BCUT2D eigenvalue weighted by Gasteiger charge is 2.19. The second-order valence-electron chi connectivity index (χ2n) is 4.47. The van der Waals surface area contributed by atoms with Crippen molar-refractivity contribution < 1.29 is 4.43 Å². The molecule has 4 aromatic rings. The summed E-state index contributed by atoms with van der Waals surface area (Å²) < 4.78 is 0.899. The molecule has 0 saturated heterocycles. The Hall–Kier alpha value is -2.55. The third kappa shape index (κ3) is 1.01. The molecule has 0 bridgehead atoms. The first kappa shape index (κ1) is 9.48. The van der Waals surface area contributed by atoms with Gasteiger partial charge in [0, 0.05) is 22.4 Å². The molecule has 0 aliphatic carbocycles. The Kier molecular flexibility index (Phi) is 1.59. The Bertz CT molecular complexity index is 1010. The minimum absolute atomic E-state index is 0.0304. The summed E-state index contributed by atoms with van der Waals surface area (Å²) in [6.07, 6.45) is 0. The normalized spacial score (nSPS) is 11.8. The largest absolute Gasteiger partial charge is 0.289 e. The maximum Gasteiger partial charge on any atom is 0.272 e. The van der Waals surface area contributed by atoms with Crippen molar-refractivity contribution in [2.75, 3.05) is 0 Å². The van der Waals surface area contributed by atoms with E-state index in [4.69, 9.17) is 0 Å². The van der Waals surface area contributed by atoms with Crippen LogP contribution in [0.4, 0.5) is 0 Å². The average molecular weight is 234 g/mol. The van der Waals surface area contributed by atoms with Crippen LogP contribution in [0.15, 0.2) is 53.3 Å². The number of benzene rings is 2. The van der Waals surface area contributed by atoms with E-state index in [0.29, 0.717) is 16.4 Å². The monoisotopic (exact) mass is 234 g/mol. The highest BCUT2D eigenvalue weighted by molar-refractivity contribution is 6.09. The molecule has 0 spiro atoms. The van der Waals surface area contributed by atoms with Crippen LogP contribution < -0.4 is 9.86 Å². The lowest BCUT2D eigenvalue weighted by Crippen LogP contribution is -2.10. The van der Waals surface area contributed by atoms with Crippen LogP contribution in [-0.4, -0.2) is 0 Å². The van der Waals surface area contributed by atoms with Gasteiger partial charge >= 0.3 is 0 Å². The van der Waals surface area contributed by atoms with Gasteiger partial charge in [0.25, 0.3) is 11.0 Å². The maximum atomic E-state index is 12.2. The first-order valence-corrected chi connectivity index (χ1v) is 5.73. The summed E-state index contributed by atoms with van der Waals surface area (Å²) in [6, 6.07) is 14.4. The molecule has 0 N–H and O–H groups in total. The van der Waals surface area contributed by atoms with Crippen molar-refractivity contribution in [1.29, 1.82) is 0 Å². The Morgan fingerprint density at radius 2 is 1.61 bits per heavy atom. The lowest BCUT2D eigenvalue weighted by molar-refractivity contribution is -0.430. The Morgan fingerprint density at radius 1 is 0.778 bits per heavy atom. The number of nitrogens with zero attached hydrogens (tertiary/aromatic N) is 1. The number of aromatic nitrogens is 1. The Balaban J connectivity index is 2.41. The van der Waals surface area contributed by atoms with E-state index in [2.05, 4.69) is 0 Å². The third-order valence-corrected chi connectivity index (χ3v) is 3.48. The quantitative estimate of drug-likeness (QED) is 0.438. The van der Waals surface area contributed by atoms with Crippen LogP contribution in [0.5, 0.6) is 0 Å². The van der Waals surface area contributed by atoms with Crippen molar-refractivity contribution in [3.05, 3.63) is 63.7 Å². The predicted octanol–water partition coefficient (Wildman–Crippen LogP) is 2.30. The van der Waals surface area contributed by atoms with E-state index in [1.807, 2.05) is 24.3 Å². The van der Waals surface area contributed by atoms with Gasteiger partial charge in [0.15, 0.2) is 5.43 Å². The summed E-state index contributed by atoms with van der Waals surface area (Å²) in [5.74, 6) is 0. The van der Waals surface area contributed by atoms with Crippen LogP contribution in [0.2, 0.25) is 0 Å². The lowest BCUT2D eigenvalue weighted by atomic mass is 10.1. The van der Waals surface area contributed by atoms with Gasteiger partial charge in [-0.3, -0.25) is 4.79 Å². The fourth-order valence-corrected chi connectivity index (χ4v) is 2.60. The van der Waals surface area contributed by atoms with Crippen LogP contribution in [0.25, 0.3) is 32.6 Å². The van der Waals surface area contributed by atoms with Crippen molar-refractivity contribution in [1.82, 2.24) is 0 Å². The zero-order valence-corrected chi connectivity index (χ0v) is 9.38. The van der Waals surface area contributed by atoms with Crippen molar-refractivity contribution in [3.8, 4) is 0 Å². The number of fused-ring (bicyclic) bond motifs is 4. The predicted molar refractivity (Wildman–Crippen MR) is 71.0 cm³/mol. The number of hydrogen-bond donors (Lipinski definition) is 0. The van der Waals surface area contributed by atoms with Gasteiger partial charge in [-0.2, -0.15) is 0 Å². The first-order chi connectivity index (χ1) is 8.75. The molecule has 0 radical (unpaired) electrons. The van der Waals surface area contributed by atoms with Crippen molar-refractivity contribution in [3.63, 3.8) is 0 Å². The van der Waals surface area contributed by atoms with E-state index in [0.717, 1.165) is 20.6 Å². The molecule has 0 fully saturated rings. The van der Waals surface area contributed by atoms with Gasteiger partial charge in [-0.25, -0.2) is 0 Å². The minimum Gasteiger partial charge on any atom is -0.289 e. The molecule has 0 amide bonds. The van der Waals surface area contributed by atoms with Crippen LogP contribution in [0.1, 0.15) is 0 Å². The summed E-state index contributed by atoms with van der Waals surface area (Å²) in [4.78, 5) is 23.8. The molecule has 3 nitrogen and oxygen atoms in total.